The van der Waals surface area contributed by atoms with Gasteiger partial charge in [-0.15, -0.1) is 0 Å². The van der Waals surface area contributed by atoms with Gasteiger partial charge in [-0.2, -0.15) is 0 Å². The molecule has 0 aromatic rings. The molecule has 0 bridgehead atoms. The van der Waals surface area contributed by atoms with Crippen molar-refractivity contribution in [2.75, 3.05) is 0 Å². The third-order valence-corrected chi connectivity index (χ3v) is 0. The van der Waals surface area contributed by atoms with Crippen LogP contribution in [0.15, 0.2) is 0 Å². The Morgan fingerprint density at radius 1 is 1.17 bits per heavy atom. The minimum Gasteiger partial charge on any atom is -0.390 e. The monoisotopic (exact) mass is 117 g/mol. The quantitative estimate of drug-likeness (QED) is 0.280. The summed E-state index contributed by atoms with van der Waals surface area (Å²) in [5.74, 6) is 0. The molecule has 0 aliphatic rings. The number of hydrogen-bond acceptors (Lipinski definition) is 3. The predicted octanol–water partition coefficient (Wildman–Crippen LogP) is -4.46. The van der Waals surface area contributed by atoms with Crippen molar-refractivity contribution in [2.45, 2.75) is 6.55 Å². The van der Waals surface area contributed by atoms with E-state index in [4.69, 9.17) is 14.4 Å². The summed E-state index contributed by atoms with van der Waals surface area (Å²) in [7, 11) is -3.61. The van der Waals surface area contributed by atoms with Crippen LogP contribution in [0, 0.1) is 0 Å². The summed E-state index contributed by atoms with van der Waals surface area (Å²) < 4.78 is 0. The average molecular weight is 117 g/mol. The van der Waals surface area contributed by atoms with Gasteiger partial charge >= 0.3 is 38.4 Å². The maximum atomic E-state index is 7.77. The van der Waals surface area contributed by atoms with Gasteiger partial charge in [-0.25, -0.2) is 0 Å². The first kappa shape index (κ1) is 10.2. The van der Waals surface area contributed by atoms with Crippen molar-refractivity contribution in [3.8, 4) is 0 Å². The summed E-state index contributed by atoms with van der Waals surface area (Å²) in [5.41, 5.74) is 0. The molecule has 3 N–H and O–H groups in total. The fourth-order valence-electron chi connectivity index (χ4n) is 0. The van der Waals surface area contributed by atoms with E-state index < -0.39 is 8.80 Å². The first-order chi connectivity index (χ1) is 2.00. The zero-order chi connectivity index (χ0) is 4.50. The number of hydrogen-bond donors (Lipinski definition) is 3. The molecule has 0 spiro atoms. The van der Waals surface area contributed by atoms with E-state index in [1.165, 1.54) is 0 Å². The Hall–Kier alpha value is 1.10. The molecule has 0 fully saturated rings. The minimum atomic E-state index is -3.61. The van der Waals surface area contributed by atoms with Crippen molar-refractivity contribution in [2.24, 2.45) is 0 Å². The smallest absolute Gasteiger partial charge is 0.390 e. The van der Waals surface area contributed by atoms with Crippen LogP contribution in [0.25, 0.3) is 0 Å². The van der Waals surface area contributed by atoms with E-state index in [0.717, 1.165) is 6.55 Å². The van der Waals surface area contributed by atoms with Crippen LogP contribution in [0.2, 0.25) is 6.55 Å². The van der Waals surface area contributed by atoms with Crippen LogP contribution in [-0.4, -0.2) is 23.2 Å². The molecule has 0 heterocycles. The summed E-state index contributed by atoms with van der Waals surface area (Å²) in [6.07, 6.45) is 0. The first-order valence-corrected chi connectivity index (χ1v) is 3.51. The average Bonchev–Trinajstić information content (AvgIpc) is 0.722. The van der Waals surface area contributed by atoms with Gasteiger partial charge in [-0.1, -0.05) is 0 Å². The molecule has 5 heteroatoms. The van der Waals surface area contributed by atoms with Crippen LogP contribution >= 0.6 is 0 Å². The van der Waals surface area contributed by atoms with Gasteiger partial charge in [0.25, 0.3) is 0 Å². The van der Waals surface area contributed by atoms with Gasteiger partial charge in [0.15, 0.2) is 0 Å². The molecule has 0 aromatic heterocycles. The molecule has 32 valence electrons. The Bertz CT molecular complexity index is 26.3. The Kier molecular flexibility index (Phi) is 5.32. The summed E-state index contributed by atoms with van der Waals surface area (Å²) in [6, 6.07) is 0. The van der Waals surface area contributed by atoms with Crippen LogP contribution in [0.4, 0.5) is 0 Å². The molecule has 0 saturated heterocycles. The second-order valence-corrected chi connectivity index (χ2v) is 2.91. The molecule has 0 aromatic carbocycles. The molecule has 0 aliphatic carbocycles. The minimum absolute atomic E-state index is 0. The fourth-order valence-corrected chi connectivity index (χ4v) is 0. The molecule has 0 radical (unpaired) electrons. The van der Waals surface area contributed by atoms with E-state index in [9.17, 15) is 0 Å². The fraction of sp³-hybridized carbons (Fsp3) is 1.00. The molecular formula is CH6NaO3Si+. The van der Waals surface area contributed by atoms with E-state index in [2.05, 4.69) is 0 Å². The van der Waals surface area contributed by atoms with E-state index in [0.29, 0.717) is 0 Å². The van der Waals surface area contributed by atoms with Crippen molar-refractivity contribution in [1.29, 1.82) is 0 Å². The van der Waals surface area contributed by atoms with Crippen molar-refractivity contribution < 1.29 is 43.9 Å². The molecule has 0 amide bonds. The standard InChI is InChI=1S/CH6O3Si.Na/c1-5(2,3)4;/h2-4H,1H3;/q;+1. The van der Waals surface area contributed by atoms with Crippen LogP contribution < -0.4 is 29.6 Å². The van der Waals surface area contributed by atoms with Gasteiger partial charge in [-0.3, -0.25) is 0 Å². The van der Waals surface area contributed by atoms with E-state index in [1.54, 1.807) is 0 Å². The zero-order valence-electron chi connectivity index (χ0n) is 3.84. The topological polar surface area (TPSA) is 60.7 Å². The van der Waals surface area contributed by atoms with E-state index >= 15 is 0 Å². The van der Waals surface area contributed by atoms with Gasteiger partial charge in [0.2, 0.25) is 0 Å². The molecule has 0 saturated carbocycles. The molecule has 6 heavy (non-hydrogen) atoms. The van der Waals surface area contributed by atoms with Gasteiger partial charge < -0.3 is 14.4 Å². The van der Waals surface area contributed by atoms with Crippen molar-refractivity contribution in [1.82, 2.24) is 0 Å². The molecule has 0 atom stereocenters. The molecular weight excluding hydrogens is 111 g/mol. The molecule has 0 unspecified atom stereocenters. The van der Waals surface area contributed by atoms with Crippen molar-refractivity contribution in [3.63, 3.8) is 0 Å². The largest absolute Gasteiger partial charge is 1.00 e. The van der Waals surface area contributed by atoms with Crippen molar-refractivity contribution in [3.05, 3.63) is 0 Å². The third-order valence-electron chi connectivity index (χ3n) is 0. The van der Waals surface area contributed by atoms with Gasteiger partial charge in [0.05, 0.1) is 0 Å². The zero-order valence-corrected chi connectivity index (χ0v) is 6.84. The normalized spacial score (nSPS) is 10.0. The molecule has 0 aliphatic heterocycles. The van der Waals surface area contributed by atoms with Gasteiger partial charge in [0, 0.05) is 6.55 Å². The SMILES string of the molecule is C[Si](O)(O)O.[Na+]. The third kappa shape index (κ3) is 71.1. The van der Waals surface area contributed by atoms with Crippen LogP contribution in [0.3, 0.4) is 0 Å². The number of rotatable bonds is 0. The Morgan fingerprint density at radius 3 is 1.17 bits per heavy atom. The van der Waals surface area contributed by atoms with E-state index in [1.807, 2.05) is 0 Å². The summed E-state index contributed by atoms with van der Waals surface area (Å²) in [5, 5.41) is 0. The Morgan fingerprint density at radius 2 is 1.17 bits per heavy atom. The van der Waals surface area contributed by atoms with Crippen LogP contribution in [-0.2, 0) is 0 Å². The second kappa shape index (κ2) is 3.14. The Labute approximate surface area is 59.3 Å². The second-order valence-electron chi connectivity index (χ2n) is 0.971. The summed E-state index contributed by atoms with van der Waals surface area (Å²) >= 11 is 0. The van der Waals surface area contributed by atoms with E-state index in [-0.39, 0.29) is 29.6 Å². The predicted molar refractivity (Wildman–Crippen MR) is 18.3 cm³/mol. The summed E-state index contributed by atoms with van der Waals surface area (Å²) in [4.78, 5) is 23.3. The van der Waals surface area contributed by atoms with Crippen LogP contribution in [0.5, 0.6) is 0 Å². The van der Waals surface area contributed by atoms with Gasteiger partial charge in [-0.05, 0) is 0 Å². The van der Waals surface area contributed by atoms with Crippen LogP contribution in [0.1, 0.15) is 0 Å². The maximum Gasteiger partial charge on any atom is 1.00 e. The first-order valence-electron chi connectivity index (χ1n) is 1.17. The maximum absolute atomic E-state index is 7.77. The molecule has 0 rings (SSSR count). The van der Waals surface area contributed by atoms with Gasteiger partial charge in [0.1, 0.15) is 0 Å². The van der Waals surface area contributed by atoms with Crippen molar-refractivity contribution >= 4 is 8.80 Å². The Balaban J connectivity index is 0. The molecule has 3 nitrogen and oxygen atoms in total. The summed E-state index contributed by atoms with van der Waals surface area (Å²) in [6.45, 7) is 0.993.